The maximum Gasteiger partial charge on any atom is 0.190 e. The zero-order valence-electron chi connectivity index (χ0n) is 16.6. The highest BCUT2D eigenvalue weighted by molar-refractivity contribution is 14.0. The first-order chi connectivity index (χ1) is 12.6. The molecular formula is C20H31IN4O2. The zero-order chi connectivity index (χ0) is 18.8. The van der Waals surface area contributed by atoms with Crippen molar-refractivity contribution in [3.63, 3.8) is 0 Å². The van der Waals surface area contributed by atoms with E-state index in [1.807, 2.05) is 32.0 Å². The van der Waals surface area contributed by atoms with Gasteiger partial charge in [0.2, 0.25) is 0 Å². The van der Waals surface area contributed by atoms with Gasteiger partial charge in [0.05, 0.1) is 11.8 Å². The van der Waals surface area contributed by atoms with Crippen LogP contribution in [0.15, 0.2) is 39.8 Å². The monoisotopic (exact) mass is 486 g/mol. The molecule has 6 nitrogen and oxygen atoms in total. The Bertz CT molecular complexity index is 669. The van der Waals surface area contributed by atoms with Crippen LogP contribution in [-0.2, 0) is 11.2 Å². The van der Waals surface area contributed by atoms with Crippen molar-refractivity contribution in [2.45, 2.75) is 39.7 Å². The molecule has 0 aliphatic carbocycles. The van der Waals surface area contributed by atoms with E-state index in [0.717, 1.165) is 48.9 Å². The van der Waals surface area contributed by atoms with Crippen molar-refractivity contribution >= 4 is 29.9 Å². The van der Waals surface area contributed by atoms with Crippen molar-refractivity contribution in [3.05, 3.63) is 52.9 Å². The van der Waals surface area contributed by atoms with Gasteiger partial charge in [0.15, 0.2) is 5.96 Å². The molecular weight excluding hydrogens is 455 g/mol. The van der Waals surface area contributed by atoms with Gasteiger partial charge in [-0.15, -0.1) is 24.0 Å². The lowest BCUT2D eigenvalue weighted by molar-refractivity contribution is 0.0646. The van der Waals surface area contributed by atoms with E-state index in [1.54, 1.807) is 7.05 Å². The fraction of sp³-hybridized carbons (Fsp3) is 0.500. The molecule has 0 saturated carbocycles. The molecule has 1 aromatic heterocycles. The van der Waals surface area contributed by atoms with Crippen molar-refractivity contribution < 1.29 is 9.26 Å². The van der Waals surface area contributed by atoms with E-state index in [1.165, 1.54) is 5.56 Å². The van der Waals surface area contributed by atoms with E-state index in [-0.39, 0.29) is 30.1 Å². The average molecular weight is 486 g/mol. The van der Waals surface area contributed by atoms with E-state index in [0.29, 0.717) is 6.61 Å². The van der Waals surface area contributed by atoms with Gasteiger partial charge < -0.3 is 19.9 Å². The number of rotatable bonds is 9. The lowest BCUT2D eigenvalue weighted by Crippen LogP contribution is -2.39. The van der Waals surface area contributed by atoms with Crippen molar-refractivity contribution in [1.29, 1.82) is 0 Å². The summed E-state index contributed by atoms with van der Waals surface area (Å²) in [6, 6.07) is 10.3. The van der Waals surface area contributed by atoms with Crippen molar-refractivity contribution in [3.8, 4) is 0 Å². The molecule has 1 aromatic carbocycles. The molecule has 0 spiro atoms. The lowest BCUT2D eigenvalue weighted by atomic mass is 10.1. The van der Waals surface area contributed by atoms with Crippen LogP contribution in [0.1, 0.15) is 42.0 Å². The Kier molecular flexibility index (Phi) is 11.0. The highest BCUT2D eigenvalue weighted by Crippen LogP contribution is 2.15. The van der Waals surface area contributed by atoms with Crippen molar-refractivity contribution in [2.24, 2.45) is 4.99 Å². The number of ether oxygens (including phenoxy) is 1. The summed E-state index contributed by atoms with van der Waals surface area (Å²) in [7, 11) is 1.78. The summed E-state index contributed by atoms with van der Waals surface area (Å²) < 4.78 is 11.1. The number of nitrogens with zero attached hydrogens (tertiary/aromatic N) is 2. The first-order valence-corrected chi connectivity index (χ1v) is 9.14. The minimum Gasteiger partial charge on any atom is -0.374 e. The normalized spacial score (nSPS) is 12.4. The van der Waals surface area contributed by atoms with E-state index < -0.39 is 0 Å². The number of nitrogens with one attached hydrogen (secondary N) is 2. The smallest absolute Gasteiger partial charge is 0.190 e. The Labute approximate surface area is 179 Å². The van der Waals surface area contributed by atoms with Gasteiger partial charge in [0.1, 0.15) is 5.76 Å². The van der Waals surface area contributed by atoms with Crippen LogP contribution < -0.4 is 10.6 Å². The van der Waals surface area contributed by atoms with Crippen LogP contribution >= 0.6 is 24.0 Å². The molecule has 150 valence electrons. The molecule has 27 heavy (non-hydrogen) atoms. The Morgan fingerprint density at radius 1 is 1.19 bits per heavy atom. The fourth-order valence-corrected chi connectivity index (χ4v) is 2.74. The van der Waals surface area contributed by atoms with Gasteiger partial charge in [-0.3, -0.25) is 4.99 Å². The molecule has 0 aliphatic heterocycles. The van der Waals surface area contributed by atoms with Gasteiger partial charge in [-0.2, -0.15) is 0 Å². The molecule has 0 radical (unpaired) electrons. The number of aromatic nitrogens is 1. The molecule has 2 aromatic rings. The highest BCUT2D eigenvalue weighted by atomic mass is 127. The molecule has 0 amide bonds. The minimum absolute atomic E-state index is 0. The molecule has 0 bridgehead atoms. The topological polar surface area (TPSA) is 71.7 Å². The molecule has 1 heterocycles. The fourth-order valence-electron chi connectivity index (χ4n) is 2.74. The Morgan fingerprint density at radius 3 is 2.52 bits per heavy atom. The average Bonchev–Trinajstić information content (AvgIpc) is 2.98. The number of hydrogen-bond donors (Lipinski definition) is 2. The highest BCUT2D eigenvalue weighted by Gasteiger charge is 2.08. The molecule has 7 heteroatoms. The molecule has 0 saturated heterocycles. The van der Waals surface area contributed by atoms with Crippen LogP contribution in [0.25, 0.3) is 0 Å². The van der Waals surface area contributed by atoms with E-state index >= 15 is 0 Å². The van der Waals surface area contributed by atoms with Crippen LogP contribution in [0.2, 0.25) is 0 Å². The molecule has 2 rings (SSSR count). The second kappa shape index (κ2) is 12.7. The Morgan fingerprint density at radius 2 is 1.89 bits per heavy atom. The lowest BCUT2D eigenvalue weighted by Gasteiger charge is -2.15. The van der Waals surface area contributed by atoms with E-state index in [9.17, 15) is 0 Å². The van der Waals surface area contributed by atoms with Crippen LogP contribution in [0, 0.1) is 13.8 Å². The summed E-state index contributed by atoms with van der Waals surface area (Å²) >= 11 is 0. The third-order valence-corrected chi connectivity index (χ3v) is 4.32. The quantitative estimate of drug-likeness (QED) is 0.244. The van der Waals surface area contributed by atoms with E-state index in [4.69, 9.17) is 9.26 Å². The van der Waals surface area contributed by atoms with Gasteiger partial charge in [-0.1, -0.05) is 35.5 Å². The second-order valence-corrected chi connectivity index (χ2v) is 6.26. The number of aryl methyl sites for hydroxylation is 2. The van der Waals surface area contributed by atoms with Gasteiger partial charge >= 0.3 is 0 Å². The van der Waals surface area contributed by atoms with Crippen LogP contribution in [0.4, 0.5) is 0 Å². The standard InChI is InChI=1S/C20H30N4O2.HI/c1-15-19(17(3)26-24-15)11-13-23-20(21-4)22-12-8-14-25-16(2)18-9-6-5-7-10-18;/h5-7,9-10,16H,8,11-14H2,1-4H3,(H2,21,22,23);1H. The predicted octanol–water partition coefficient (Wildman–Crippen LogP) is 3.78. The zero-order valence-corrected chi connectivity index (χ0v) is 18.9. The maximum atomic E-state index is 5.88. The van der Waals surface area contributed by atoms with Crippen LogP contribution in [-0.4, -0.2) is 37.9 Å². The molecule has 1 atom stereocenters. The van der Waals surface area contributed by atoms with Crippen molar-refractivity contribution in [2.75, 3.05) is 26.7 Å². The first kappa shape index (κ1) is 23.4. The van der Waals surface area contributed by atoms with Crippen molar-refractivity contribution in [1.82, 2.24) is 15.8 Å². The number of aliphatic imine (C=N–C) groups is 1. The summed E-state index contributed by atoms with van der Waals surface area (Å²) in [4.78, 5) is 4.25. The predicted molar refractivity (Wildman–Crippen MR) is 120 cm³/mol. The largest absolute Gasteiger partial charge is 0.374 e. The number of guanidine groups is 1. The van der Waals surface area contributed by atoms with Gasteiger partial charge in [-0.05, 0) is 39.2 Å². The number of benzene rings is 1. The Balaban J connectivity index is 0.00000364. The Hall–Kier alpha value is -1.61. The minimum atomic E-state index is 0. The SMILES string of the molecule is CN=C(NCCCOC(C)c1ccccc1)NCCc1c(C)noc1C.I. The molecule has 0 fully saturated rings. The second-order valence-electron chi connectivity index (χ2n) is 6.26. The van der Waals surface area contributed by atoms with E-state index in [2.05, 4.69) is 39.8 Å². The summed E-state index contributed by atoms with van der Waals surface area (Å²) in [5.74, 6) is 1.68. The first-order valence-electron chi connectivity index (χ1n) is 9.14. The third kappa shape index (κ3) is 7.88. The van der Waals surface area contributed by atoms with Gasteiger partial charge in [0.25, 0.3) is 0 Å². The van der Waals surface area contributed by atoms with Gasteiger partial charge in [0, 0.05) is 32.3 Å². The summed E-state index contributed by atoms with van der Waals surface area (Å²) in [5, 5.41) is 10.6. The molecule has 1 unspecified atom stereocenters. The third-order valence-electron chi connectivity index (χ3n) is 4.32. The number of hydrogen-bond acceptors (Lipinski definition) is 4. The number of halogens is 1. The molecule has 0 aliphatic rings. The van der Waals surface area contributed by atoms with Crippen LogP contribution in [0.3, 0.4) is 0 Å². The van der Waals surface area contributed by atoms with Crippen LogP contribution in [0.5, 0.6) is 0 Å². The summed E-state index contributed by atoms with van der Waals surface area (Å²) in [5.41, 5.74) is 3.32. The summed E-state index contributed by atoms with van der Waals surface area (Å²) in [6.45, 7) is 8.29. The summed E-state index contributed by atoms with van der Waals surface area (Å²) in [6.07, 6.45) is 1.89. The van der Waals surface area contributed by atoms with Gasteiger partial charge in [-0.25, -0.2) is 0 Å². The maximum absolute atomic E-state index is 5.88. The molecule has 2 N–H and O–H groups in total.